The van der Waals surface area contributed by atoms with E-state index in [-0.39, 0.29) is 11.9 Å². The van der Waals surface area contributed by atoms with Gasteiger partial charge in [0.25, 0.3) is 0 Å². The van der Waals surface area contributed by atoms with E-state index in [9.17, 15) is 4.79 Å². The van der Waals surface area contributed by atoms with E-state index in [2.05, 4.69) is 34.9 Å². The fraction of sp³-hybridized carbons (Fsp3) is 0.208. The van der Waals surface area contributed by atoms with E-state index in [0.717, 1.165) is 29.5 Å². The van der Waals surface area contributed by atoms with Crippen LogP contribution in [0.15, 0.2) is 91.0 Å². The molecule has 1 fully saturated rings. The Balaban J connectivity index is 1.68. The van der Waals surface area contributed by atoms with Gasteiger partial charge in [-0.1, -0.05) is 91.0 Å². The van der Waals surface area contributed by atoms with Crippen molar-refractivity contribution in [2.75, 3.05) is 0 Å². The van der Waals surface area contributed by atoms with Crippen molar-refractivity contribution in [1.82, 2.24) is 10.6 Å². The molecule has 136 valence electrons. The topological polar surface area (TPSA) is 41.1 Å². The molecule has 0 spiro atoms. The molecule has 1 amide bonds. The smallest absolute Gasteiger partial charge is 0.241 e. The van der Waals surface area contributed by atoms with Crippen LogP contribution in [0.1, 0.15) is 41.6 Å². The van der Waals surface area contributed by atoms with Gasteiger partial charge in [0.05, 0.1) is 6.04 Å². The highest BCUT2D eigenvalue weighted by Gasteiger charge is 2.30. The van der Waals surface area contributed by atoms with Crippen LogP contribution >= 0.6 is 0 Å². The van der Waals surface area contributed by atoms with Gasteiger partial charge in [0.2, 0.25) is 5.91 Å². The maximum Gasteiger partial charge on any atom is 0.241 e. The second kappa shape index (κ2) is 8.19. The molecule has 3 aromatic rings. The predicted octanol–water partition coefficient (Wildman–Crippen LogP) is 4.39. The minimum absolute atomic E-state index is 0.0422. The highest BCUT2D eigenvalue weighted by atomic mass is 16.2. The molecule has 3 aromatic carbocycles. The Hall–Kier alpha value is -2.91. The van der Waals surface area contributed by atoms with Crippen molar-refractivity contribution in [2.45, 2.75) is 31.0 Å². The summed E-state index contributed by atoms with van der Waals surface area (Å²) in [5, 5.41) is 6.78. The monoisotopic (exact) mass is 356 g/mol. The summed E-state index contributed by atoms with van der Waals surface area (Å²) < 4.78 is 0. The molecule has 1 aliphatic rings. The Morgan fingerprint density at radius 2 is 1.15 bits per heavy atom. The van der Waals surface area contributed by atoms with E-state index in [4.69, 9.17) is 0 Å². The lowest BCUT2D eigenvalue weighted by molar-refractivity contribution is -0.123. The van der Waals surface area contributed by atoms with Crippen LogP contribution < -0.4 is 10.6 Å². The number of benzene rings is 3. The number of carbonyl (C=O) groups excluding carboxylic acids is 1. The number of nitrogens with one attached hydrogen (secondary N) is 2. The molecule has 4 rings (SSSR count). The quantitative estimate of drug-likeness (QED) is 0.659. The van der Waals surface area contributed by atoms with Gasteiger partial charge in [-0.15, -0.1) is 0 Å². The summed E-state index contributed by atoms with van der Waals surface area (Å²) in [5.41, 5.74) is 3.26. The second-order valence-electron chi connectivity index (χ2n) is 7.05. The Morgan fingerprint density at radius 1 is 0.704 bits per heavy atom. The fourth-order valence-electron chi connectivity index (χ4n) is 3.32. The van der Waals surface area contributed by atoms with E-state index >= 15 is 0 Å². The van der Waals surface area contributed by atoms with Crippen LogP contribution in [0.2, 0.25) is 0 Å². The first kappa shape index (κ1) is 17.5. The van der Waals surface area contributed by atoms with Gasteiger partial charge in [0.15, 0.2) is 0 Å². The normalized spacial score (nSPS) is 14.7. The summed E-state index contributed by atoms with van der Waals surface area (Å²) >= 11 is 0. The van der Waals surface area contributed by atoms with E-state index in [1.54, 1.807) is 0 Å². The minimum Gasteiger partial charge on any atom is -0.352 e. The van der Waals surface area contributed by atoms with Crippen LogP contribution in [0.5, 0.6) is 0 Å². The van der Waals surface area contributed by atoms with Crippen LogP contribution in [-0.4, -0.2) is 11.9 Å². The summed E-state index contributed by atoms with van der Waals surface area (Å²) in [6.07, 6.45) is 2.15. The Kier molecular flexibility index (Phi) is 5.31. The van der Waals surface area contributed by atoms with Gasteiger partial charge in [-0.2, -0.15) is 0 Å². The molecule has 1 aliphatic carbocycles. The highest BCUT2D eigenvalue weighted by Crippen LogP contribution is 2.27. The Morgan fingerprint density at radius 3 is 1.59 bits per heavy atom. The third kappa shape index (κ3) is 4.44. The zero-order valence-corrected chi connectivity index (χ0v) is 15.2. The van der Waals surface area contributed by atoms with Crippen molar-refractivity contribution >= 4 is 5.91 Å². The van der Waals surface area contributed by atoms with Crippen molar-refractivity contribution in [3.63, 3.8) is 0 Å². The lowest BCUT2D eigenvalue weighted by Crippen LogP contribution is -2.40. The van der Waals surface area contributed by atoms with Crippen LogP contribution in [0.4, 0.5) is 0 Å². The number of amides is 1. The molecule has 3 nitrogen and oxygen atoms in total. The number of carbonyl (C=O) groups is 1. The summed E-state index contributed by atoms with van der Waals surface area (Å²) in [5.74, 6) is 0.0422. The van der Waals surface area contributed by atoms with Gasteiger partial charge in [0.1, 0.15) is 6.04 Å². The molecule has 3 heteroatoms. The second-order valence-corrected chi connectivity index (χ2v) is 7.05. The zero-order chi connectivity index (χ0) is 18.5. The summed E-state index contributed by atoms with van der Waals surface area (Å²) in [7, 11) is 0. The first-order chi connectivity index (χ1) is 13.3. The predicted molar refractivity (Wildman–Crippen MR) is 108 cm³/mol. The SMILES string of the molecule is O=C(NC1CC1)[C@@H](NC(c1ccccc1)c1ccccc1)c1ccccc1. The first-order valence-electron chi connectivity index (χ1n) is 9.52. The highest BCUT2D eigenvalue weighted by molar-refractivity contribution is 5.83. The Labute approximate surface area is 160 Å². The average Bonchev–Trinajstić information content (AvgIpc) is 3.54. The molecule has 0 aromatic heterocycles. The minimum atomic E-state index is -0.405. The molecule has 2 N–H and O–H groups in total. The third-order valence-electron chi connectivity index (χ3n) is 4.92. The van der Waals surface area contributed by atoms with Gasteiger partial charge in [-0.05, 0) is 29.5 Å². The number of rotatable bonds is 7. The van der Waals surface area contributed by atoms with Gasteiger partial charge in [0, 0.05) is 6.04 Å². The van der Waals surface area contributed by atoms with E-state index in [1.807, 2.05) is 66.7 Å². The van der Waals surface area contributed by atoms with Gasteiger partial charge >= 0.3 is 0 Å². The molecule has 27 heavy (non-hydrogen) atoms. The van der Waals surface area contributed by atoms with Crippen LogP contribution in [0, 0.1) is 0 Å². The molecule has 0 aliphatic heterocycles. The number of hydrogen-bond acceptors (Lipinski definition) is 2. The van der Waals surface area contributed by atoms with Gasteiger partial charge in [-0.3, -0.25) is 10.1 Å². The molecule has 0 bridgehead atoms. The largest absolute Gasteiger partial charge is 0.352 e. The third-order valence-corrected chi connectivity index (χ3v) is 4.92. The van der Waals surface area contributed by atoms with Gasteiger partial charge in [-0.25, -0.2) is 0 Å². The molecular weight excluding hydrogens is 332 g/mol. The van der Waals surface area contributed by atoms with E-state index in [0.29, 0.717) is 6.04 Å². The van der Waals surface area contributed by atoms with Gasteiger partial charge < -0.3 is 5.32 Å². The first-order valence-corrected chi connectivity index (χ1v) is 9.52. The lowest BCUT2D eigenvalue weighted by atomic mass is 9.96. The lowest BCUT2D eigenvalue weighted by Gasteiger charge is -2.26. The molecule has 1 saturated carbocycles. The maximum absolute atomic E-state index is 13.0. The molecule has 0 heterocycles. The summed E-state index contributed by atoms with van der Waals surface area (Å²) in [6.45, 7) is 0. The molecule has 0 unspecified atom stereocenters. The fourth-order valence-corrected chi connectivity index (χ4v) is 3.32. The van der Waals surface area contributed by atoms with Crippen molar-refractivity contribution < 1.29 is 4.79 Å². The van der Waals surface area contributed by atoms with Crippen molar-refractivity contribution in [3.8, 4) is 0 Å². The maximum atomic E-state index is 13.0. The molecule has 1 atom stereocenters. The van der Waals surface area contributed by atoms with E-state index < -0.39 is 6.04 Å². The zero-order valence-electron chi connectivity index (χ0n) is 15.2. The van der Waals surface area contributed by atoms with Crippen LogP contribution in [-0.2, 0) is 4.79 Å². The average molecular weight is 356 g/mol. The van der Waals surface area contributed by atoms with Crippen molar-refractivity contribution in [1.29, 1.82) is 0 Å². The molecule has 0 saturated heterocycles. The summed E-state index contributed by atoms with van der Waals surface area (Å²) in [6, 6.07) is 30.4. The van der Waals surface area contributed by atoms with Crippen molar-refractivity contribution in [2.24, 2.45) is 0 Å². The summed E-state index contributed by atoms with van der Waals surface area (Å²) in [4.78, 5) is 13.0. The van der Waals surface area contributed by atoms with Crippen LogP contribution in [0.25, 0.3) is 0 Å². The standard InChI is InChI=1S/C24H24N2O/c27-24(25-21-16-17-21)23(20-14-8-3-9-15-20)26-22(18-10-4-1-5-11-18)19-12-6-2-7-13-19/h1-15,21-23,26H,16-17H2,(H,25,27)/t23-/m0/s1. The van der Waals surface area contributed by atoms with Crippen LogP contribution in [0.3, 0.4) is 0 Å². The van der Waals surface area contributed by atoms with Crippen molar-refractivity contribution in [3.05, 3.63) is 108 Å². The molecule has 0 radical (unpaired) electrons. The number of hydrogen-bond donors (Lipinski definition) is 2. The Bertz CT molecular complexity index is 821. The molecular formula is C24H24N2O. The van der Waals surface area contributed by atoms with E-state index in [1.165, 1.54) is 0 Å².